The number of fused-ring (bicyclic) bond motifs is 1. The number of hydrogen-bond acceptors (Lipinski definition) is 6. The van der Waals surface area contributed by atoms with Crippen LogP contribution in [0.25, 0.3) is 0 Å². The second kappa shape index (κ2) is 9.49. The largest absolute Gasteiger partial charge is 0.339 e. The number of piperazine rings is 1. The topological polar surface area (TPSA) is 88.4 Å². The molecule has 0 atom stereocenters. The third kappa shape index (κ3) is 5.04. The minimum absolute atomic E-state index is 0.00433. The van der Waals surface area contributed by atoms with Gasteiger partial charge >= 0.3 is 0 Å². The van der Waals surface area contributed by atoms with Gasteiger partial charge in [0.15, 0.2) is 5.16 Å². The molecule has 0 saturated carbocycles. The predicted molar refractivity (Wildman–Crippen MR) is 116 cm³/mol. The van der Waals surface area contributed by atoms with Crippen molar-refractivity contribution in [1.29, 1.82) is 0 Å². The van der Waals surface area contributed by atoms with Gasteiger partial charge in [-0.2, -0.15) is 4.31 Å². The first-order valence-corrected chi connectivity index (χ1v) is 13.0. The van der Waals surface area contributed by atoms with E-state index in [2.05, 4.69) is 14.8 Å². The number of aryl methyl sites for hydroxylation is 1. The van der Waals surface area contributed by atoms with E-state index in [1.165, 1.54) is 22.5 Å². The summed E-state index contributed by atoms with van der Waals surface area (Å²) < 4.78 is 29.0. The summed E-state index contributed by atoms with van der Waals surface area (Å²) in [5.74, 6) is 1.33. The maximum absolute atomic E-state index is 12.7. The summed E-state index contributed by atoms with van der Waals surface area (Å²) in [6, 6.07) is 9.19. The highest BCUT2D eigenvalue weighted by molar-refractivity contribution is 7.99. The summed E-state index contributed by atoms with van der Waals surface area (Å²) in [6.45, 7) is 2.44. The molecule has 0 unspecified atom stereocenters. The molecule has 1 amide bonds. The van der Waals surface area contributed by atoms with Crippen LogP contribution in [0.1, 0.15) is 30.7 Å². The smallest absolute Gasteiger partial charge is 0.233 e. The molecule has 2 aliphatic heterocycles. The van der Waals surface area contributed by atoms with Crippen molar-refractivity contribution in [3.8, 4) is 0 Å². The Balaban J connectivity index is 1.28. The molecule has 0 N–H and O–H groups in total. The van der Waals surface area contributed by atoms with E-state index in [4.69, 9.17) is 0 Å². The van der Waals surface area contributed by atoms with Crippen molar-refractivity contribution in [2.75, 3.05) is 31.9 Å². The number of amides is 1. The highest BCUT2D eigenvalue weighted by Crippen LogP contribution is 2.22. The van der Waals surface area contributed by atoms with Crippen LogP contribution in [0.3, 0.4) is 0 Å². The maximum Gasteiger partial charge on any atom is 0.233 e. The first-order valence-electron chi connectivity index (χ1n) is 10.4. The molecule has 1 fully saturated rings. The summed E-state index contributed by atoms with van der Waals surface area (Å²) in [6.07, 6.45) is 4.40. The lowest BCUT2D eigenvalue weighted by Gasteiger charge is -2.34. The number of aromatic nitrogens is 3. The van der Waals surface area contributed by atoms with E-state index in [9.17, 15) is 13.2 Å². The van der Waals surface area contributed by atoms with Crippen LogP contribution in [0.2, 0.25) is 0 Å². The Morgan fingerprint density at radius 3 is 2.50 bits per heavy atom. The van der Waals surface area contributed by atoms with Gasteiger partial charge in [-0.25, -0.2) is 8.42 Å². The van der Waals surface area contributed by atoms with Gasteiger partial charge in [-0.15, -0.1) is 10.2 Å². The molecule has 0 aliphatic carbocycles. The zero-order chi connectivity index (χ0) is 21.0. The lowest BCUT2D eigenvalue weighted by Crippen LogP contribution is -2.51. The molecule has 10 heteroatoms. The van der Waals surface area contributed by atoms with Crippen LogP contribution in [0.5, 0.6) is 0 Å². The Bertz CT molecular complexity index is 970. The molecule has 0 spiro atoms. The number of rotatable bonds is 6. The van der Waals surface area contributed by atoms with Crippen molar-refractivity contribution in [2.24, 2.45) is 0 Å². The first kappa shape index (κ1) is 21.3. The number of carbonyl (C=O) groups excluding carboxylic acids is 1. The van der Waals surface area contributed by atoms with Crippen LogP contribution in [0, 0.1) is 0 Å². The van der Waals surface area contributed by atoms with E-state index < -0.39 is 10.0 Å². The molecular weight excluding hydrogens is 422 g/mol. The number of sulfonamides is 1. The van der Waals surface area contributed by atoms with E-state index in [1.54, 1.807) is 4.90 Å². The second-order valence-corrected chi connectivity index (χ2v) is 10.6. The molecule has 8 nitrogen and oxygen atoms in total. The van der Waals surface area contributed by atoms with Crippen LogP contribution in [0.15, 0.2) is 35.5 Å². The summed E-state index contributed by atoms with van der Waals surface area (Å²) in [7, 11) is -3.38. The minimum Gasteiger partial charge on any atom is -0.339 e. The predicted octanol–water partition coefficient (Wildman–Crippen LogP) is 1.77. The Morgan fingerprint density at radius 2 is 1.73 bits per heavy atom. The summed E-state index contributed by atoms with van der Waals surface area (Å²) in [5.41, 5.74) is 0.778. The van der Waals surface area contributed by atoms with Crippen molar-refractivity contribution in [3.05, 3.63) is 41.7 Å². The van der Waals surface area contributed by atoms with Crippen LogP contribution >= 0.6 is 11.8 Å². The standard InChI is InChI=1S/C20H27N5O3S2/c26-19(15-29-20-22-21-18-9-5-2-6-10-25(18)20)23-11-13-24(14-12-23)30(27,28)16-17-7-3-1-4-8-17/h1,3-4,7-8H,2,5-6,9-16H2. The van der Waals surface area contributed by atoms with Gasteiger partial charge in [0, 0.05) is 39.1 Å². The Hall–Kier alpha value is -1.91. The number of thioether (sulfide) groups is 1. The molecule has 3 heterocycles. The highest BCUT2D eigenvalue weighted by Gasteiger charge is 2.29. The number of hydrogen-bond donors (Lipinski definition) is 0. The molecule has 0 radical (unpaired) electrons. The highest BCUT2D eigenvalue weighted by atomic mass is 32.2. The van der Waals surface area contributed by atoms with Crippen molar-refractivity contribution in [1.82, 2.24) is 24.0 Å². The zero-order valence-electron chi connectivity index (χ0n) is 16.9. The normalized spacial score (nSPS) is 18.1. The Labute approximate surface area is 181 Å². The fourth-order valence-corrected chi connectivity index (χ4v) is 6.28. The van der Waals surface area contributed by atoms with Crippen LogP contribution in [0.4, 0.5) is 0 Å². The van der Waals surface area contributed by atoms with Gasteiger partial charge in [-0.05, 0) is 18.4 Å². The van der Waals surface area contributed by atoms with Gasteiger partial charge in [0.1, 0.15) is 5.82 Å². The van der Waals surface area contributed by atoms with Crippen LogP contribution < -0.4 is 0 Å². The van der Waals surface area contributed by atoms with E-state index in [0.29, 0.717) is 31.9 Å². The molecule has 30 heavy (non-hydrogen) atoms. The SMILES string of the molecule is O=C(CSc1nnc2n1CCCCC2)N1CCN(S(=O)(=O)Cc2ccccc2)CC1. The van der Waals surface area contributed by atoms with Gasteiger partial charge in [-0.3, -0.25) is 4.79 Å². The summed E-state index contributed by atoms with van der Waals surface area (Å²) >= 11 is 1.43. The van der Waals surface area contributed by atoms with Crippen molar-refractivity contribution >= 4 is 27.7 Å². The van der Waals surface area contributed by atoms with E-state index in [0.717, 1.165) is 42.4 Å². The third-order valence-corrected chi connectivity index (χ3v) is 8.38. The minimum atomic E-state index is -3.38. The fraction of sp³-hybridized carbons (Fsp3) is 0.550. The Morgan fingerprint density at radius 1 is 0.967 bits per heavy atom. The van der Waals surface area contributed by atoms with Crippen LogP contribution in [-0.4, -0.2) is 70.2 Å². The van der Waals surface area contributed by atoms with Crippen molar-refractivity contribution < 1.29 is 13.2 Å². The maximum atomic E-state index is 12.7. The van der Waals surface area contributed by atoms with Gasteiger partial charge in [0.05, 0.1) is 11.5 Å². The summed E-state index contributed by atoms with van der Waals surface area (Å²) in [5, 5.41) is 9.34. The molecular formula is C20H27N5O3S2. The molecule has 1 aromatic carbocycles. The number of benzene rings is 1. The molecule has 162 valence electrons. The third-order valence-electron chi connectivity index (χ3n) is 5.58. The molecule has 2 aliphatic rings. The average Bonchev–Trinajstić information content (AvgIpc) is 2.98. The molecule has 1 aromatic heterocycles. The van der Waals surface area contributed by atoms with Gasteiger partial charge < -0.3 is 9.47 Å². The summed E-state index contributed by atoms with van der Waals surface area (Å²) in [4.78, 5) is 14.4. The lowest BCUT2D eigenvalue weighted by atomic mass is 10.2. The van der Waals surface area contributed by atoms with E-state index in [-0.39, 0.29) is 11.7 Å². The van der Waals surface area contributed by atoms with E-state index >= 15 is 0 Å². The zero-order valence-corrected chi connectivity index (χ0v) is 18.6. The van der Waals surface area contributed by atoms with Gasteiger partial charge in [0.25, 0.3) is 0 Å². The first-order chi connectivity index (χ1) is 14.5. The quantitative estimate of drug-likeness (QED) is 0.625. The van der Waals surface area contributed by atoms with Crippen LogP contribution in [-0.2, 0) is 33.5 Å². The second-order valence-electron chi connectivity index (χ2n) is 7.67. The monoisotopic (exact) mass is 449 g/mol. The van der Waals surface area contributed by atoms with Gasteiger partial charge in [0.2, 0.25) is 15.9 Å². The fourth-order valence-electron chi connectivity index (χ4n) is 3.87. The molecule has 1 saturated heterocycles. The number of nitrogens with zero attached hydrogens (tertiary/aromatic N) is 5. The average molecular weight is 450 g/mol. The van der Waals surface area contributed by atoms with E-state index in [1.807, 2.05) is 30.3 Å². The van der Waals surface area contributed by atoms with Gasteiger partial charge in [-0.1, -0.05) is 48.5 Å². The van der Waals surface area contributed by atoms with Crippen molar-refractivity contribution in [3.63, 3.8) is 0 Å². The van der Waals surface area contributed by atoms with Crippen molar-refractivity contribution in [2.45, 2.75) is 43.1 Å². The lowest BCUT2D eigenvalue weighted by molar-refractivity contribution is -0.129. The molecule has 4 rings (SSSR count). The number of carbonyl (C=O) groups is 1. The Kier molecular flexibility index (Phi) is 6.74. The molecule has 2 aromatic rings. The molecule has 0 bridgehead atoms.